The van der Waals surface area contributed by atoms with E-state index >= 15 is 0 Å². The van der Waals surface area contributed by atoms with Crippen LogP contribution in [0.4, 0.5) is 0 Å². The molecule has 0 spiro atoms. The van der Waals surface area contributed by atoms with Crippen molar-refractivity contribution in [3.8, 4) is 11.5 Å². The standard InChI is InChI=1S/C18H28N2O5S/c1-13(2)25-16-8-7-14(10-17(16)24-3)11-19-18(21)15-6-5-9-20(12-15)26(4,22)23/h7-8,10,13,15H,5-6,9,11-12H2,1-4H3,(H,19,21)/t15-/m1/s1. The van der Waals surface area contributed by atoms with Crippen LogP contribution < -0.4 is 14.8 Å². The number of nitrogens with one attached hydrogen (secondary N) is 1. The van der Waals surface area contributed by atoms with Crippen LogP contribution in [0, 0.1) is 5.92 Å². The van der Waals surface area contributed by atoms with Gasteiger partial charge in [-0.1, -0.05) is 6.07 Å². The molecule has 1 atom stereocenters. The third kappa shape index (κ3) is 5.60. The molecule has 0 radical (unpaired) electrons. The number of nitrogens with zero attached hydrogens (tertiary/aromatic N) is 1. The SMILES string of the molecule is COc1cc(CNC(=O)[C@@H]2CCCN(S(C)(=O)=O)C2)ccc1OC(C)C. The van der Waals surface area contributed by atoms with Crippen molar-refractivity contribution in [3.05, 3.63) is 23.8 Å². The Labute approximate surface area is 155 Å². The molecule has 2 rings (SSSR count). The van der Waals surface area contributed by atoms with E-state index < -0.39 is 10.0 Å². The van der Waals surface area contributed by atoms with Crippen LogP contribution in [0.3, 0.4) is 0 Å². The zero-order valence-corrected chi connectivity index (χ0v) is 16.6. The van der Waals surface area contributed by atoms with Crippen molar-refractivity contribution in [2.24, 2.45) is 5.92 Å². The topological polar surface area (TPSA) is 84.9 Å². The van der Waals surface area contributed by atoms with Crippen molar-refractivity contribution < 1.29 is 22.7 Å². The molecule has 1 saturated heterocycles. The van der Waals surface area contributed by atoms with Crippen LogP contribution in [-0.4, -0.2) is 51.2 Å². The summed E-state index contributed by atoms with van der Waals surface area (Å²) in [5, 5.41) is 2.90. The second-order valence-electron chi connectivity index (χ2n) is 6.83. The summed E-state index contributed by atoms with van der Waals surface area (Å²) in [5.41, 5.74) is 0.891. The lowest BCUT2D eigenvalue weighted by molar-refractivity contribution is -0.126. The molecule has 146 valence electrons. The molecule has 1 amide bonds. The first-order chi connectivity index (χ1) is 12.2. The Morgan fingerprint density at radius 1 is 1.35 bits per heavy atom. The number of rotatable bonds is 7. The Balaban J connectivity index is 1.96. The van der Waals surface area contributed by atoms with E-state index in [1.54, 1.807) is 7.11 Å². The number of piperidine rings is 1. The van der Waals surface area contributed by atoms with Gasteiger partial charge in [-0.25, -0.2) is 12.7 Å². The number of carbonyl (C=O) groups is 1. The Bertz CT molecular complexity index is 733. The quantitative estimate of drug-likeness (QED) is 0.774. The van der Waals surface area contributed by atoms with Gasteiger partial charge in [0, 0.05) is 19.6 Å². The van der Waals surface area contributed by atoms with Crippen LogP contribution in [0.1, 0.15) is 32.3 Å². The number of hydrogen-bond acceptors (Lipinski definition) is 5. The van der Waals surface area contributed by atoms with E-state index in [2.05, 4.69) is 5.32 Å². The van der Waals surface area contributed by atoms with Crippen LogP contribution in [0.5, 0.6) is 11.5 Å². The summed E-state index contributed by atoms with van der Waals surface area (Å²) in [6.07, 6.45) is 2.61. The largest absolute Gasteiger partial charge is 0.493 e. The lowest BCUT2D eigenvalue weighted by Crippen LogP contribution is -2.44. The van der Waals surface area contributed by atoms with Gasteiger partial charge in [-0.05, 0) is 44.4 Å². The predicted molar refractivity (Wildman–Crippen MR) is 99.7 cm³/mol. The van der Waals surface area contributed by atoms with E-state index in [0.29, 0.717) is 37.4 Å². The molecular formula is C18H28N2O5S. The molecule has 1 N–H and O–H groups in total. The Morgan fingerprint density at radius 3 is 2.69 bits per heavy atom. The van der Waals surface area contributed by atoms with Gasteiger partial charge in [0.2, 0.25) is 15.9 Å². The minimum absolute atomic E-state index is 0.0403. The van der Waals surface area contributed by atoms with Gasteiger partial charge in [0.1, 0.15) is 0 Å². The zero-order chi connectivity index (χ0) is 19.3. The first-order valence-electron chi connectivity index (χ1n) is 8.77. The molecule has 0 bridgehead atoms. The van der Waals surface area contributed by atoms with Gasteiger partial charge in [-0.3, -0.25) is 4.79 Å². The minimum Gasteiger partial charge on any atom is -0.493 e. The monoisotopic (exact) mass is 384 g/mol. The maximum Gasteiger partial charge on any atom is 0.224 e. The predicted octanol–water partition coefficient (Wildman–Crippen LogP) is 1.77. The number of methoxy groups -OCH3 is 1. The molecule has 0 saturated carbocycles. The fourth-order valence-electron chi connectivity index (χ4n) is 2.96. The fourth-order valence-corrected chi connectivity index (χ4v) is 3.88. The van der Waals surface area contributed by atoms with Gasteiger partial charge in [-0.2, -0.15) is 0 Å². The summed E-state index contributed by atoms with van der Waals surface area (Å²) in [4.78, 5) is 12.4. The third-order valence-corrected chi connectivity index (χ3v) is 5.55. The average molecular weight is 384 g/mol. The summed E-state index contributed by atoms with van der Waals surface area (Å²) in [7, 11) is -1.68. The molecule has 1 aromatic rings. The lowest BCUT2D eigenvalue weighted by atomic mass is 9.98. The second kappa shape index (κ2) is 8.73. The smallest absolute Gasteiger partial charge is 0.224 e. The lowest BCUT2D eigenvalue weighted by Gasteiger charge is -2.30. The van der Waals surface area contributed by atoms with Crippen molar-refractivity contribution in [2.45, 2.75) is 39.3 Å². The molecule has 0 aromatic heterocycles. The highest BCUT2D eigenvalue weighted by atomic mass is 32.2. The molecule has 1 heterocycles. The van der Waals surface area contributed by atoms with Crippen LogP contribution in [0.25, 0.3) is 0 Å². The first-order valence-corrected chi connectivity index (χ1v) is 10.6. The Morgan fingerprint density at radius 2 is 2.08 bits per heavy atom. The molecule has 1 aliphatic rings. The van der Waals surface area contributed by atoms with Crippen molar-refractivity contribution >= 4 is 15.9 Å². The normalized spacial score (nSPS) is 18.6. The summed E-state index contributed by atoms with van der Waals surface area (Å²) in [6, 6.07) is 5.54. The van der Waals surface area contributed by atoms with E-state index in [1.165, 1.54) is 10.6 Å². The van der Waals surface area contributed by atoms with Crippen molar-refractivity contribution in [1.82, 2.24) is 9.62 Å². The summed E-state index contributed by atoms with van der Waals surface area (Å²) in [5.74, 6) is 0.837. The first kappa shape index (κ1) is 20.5. The van der Waals surface area contributed by atoms with E-state index in [4.69, 9.17) is 9.47 Å². The number of sulfonamides is 1. The van der Waals surface area contributed by atoms with Crippen LogP contribution >= 0.6 is 0 Å². The van der Waals surface area contributed by atoms with E-state index in [9.17, 15) is 13.2 Å². The van der Waals surface area contributed by atoms with Gasteiger partial charge in [-0.15, -0.1) is 0 Å². The summed E-state index contributed by atoms with van der Waals surface area (Å²) < 4.78 is 35.8. The van der Waals surface area contributed by atoms with Crippen molar-refractivity contribution in [2.75, 3.05) is 26.5 Å². The highest BCUT2D eigenvalue weighted by Gasteiger charge is 2.29. The molecule has 0 aliphatic carbocycles. The fraction of sp³-hybridized carbons (Fsp3) is 0.611. The molecule has 0 unspecified atom stereocenters. The number of amides is 1. The van der Waals surface area contributed by atoms with Gasteiger partial charge < -0.3 is 14.8 Å². The molecule has 8 heteroatoms. The summed E-state index contributed by atoms with van der Waals surface area (Å²) >= 11 is 0. The van der Waals surface area contributed by atoms with E-state index in [1.807, 2.05) is 32.0 Å². The van der Waals surface area contributed by atoms with E-state index in [-0.39, 0.29) is 24.5 Å². The second-order valence-corrected chi connectivity index (χ2v) is 8.81. The van der Waals surface area contributed by atoms with Gasteiger partial charge in [0.15, 0.2) is 11.5 Å². The highest BCUT2D eigenvalue weighted by molar-refractivity contribution is 7.88. The third-order valence-electron chi connectivity index (χ3n) is 4.28. The Hall–Kier alpha value is -1.80. The number of benzene rings is 1. The maximum atomic E-state index is 12.4. The Kier molecular flexibility index (Phi) is 6.88. The average Bonchev–Trinajstić information content (AvgIpc) is 2.59. The zero-order valence-electron chi connectivity index (χ0n) is 15.8. The van der Waals surface area contributed by atoms with Crippen LogP contribution in [0.2, 0.25) is 0 Å². The summed E-state index contributed by atoms with van der Waals surface area (Å²) in [6.45, 7) is 4.97. The highest BCUT2D eigenvalue weighted by Crippen LogP contribution is 2.29. The molecular weight excluding hydrogens is 356 g/mol. The number of ether oxygens (including phenoxy) is 2. The van der Waals surface area contributed by atoms with Crippen LogP contribution in [-0.2, 0) is 21.4 Å². The van der Waals surface area contributed by atoms with Gasteiger partial charge >= 0.3 is 0 Å². The molecule has 7 nitrogen and oxygen atoms in total. The van der Waals surface area contributed by atoms with Crippen LogP contribution in [0.15, 0.2) is 18.2 Å². The number of carbonyl (C=O) groups excluding carboxylic acids is 1. The maximum absolute atomic E-state index is 12.4. The van der Waals surface area contributed by atoms with Gasteiger partial charge in [0.05, 0.1) is 25.4 Å². The molecule has 26 heavy (non-hydrogen) atoms. The van der Waals surface area contributed by atoms with Crippen molar-refractivity contribution in [3.63, 3.8) is 0 Å². The number of hydrogen-bond donors (Lipinski definition) is 1. The molecule has 1 fully saturated rings. The van der Waals surface area contributed by atoms with E-state index in [0.717, 1.165) is 5.56 Å². The van der Waals surface area contributed by atoms with Crippen molar-refractivity contribution in [1.29, 1.82) is 0 Å². The minimum atomic E-state index is -3.26. The molecule has 1 aliphatic heterocycles. The molecule has 1 aromatic carbocycles. The van der Waals surface area contributed by atoms with Gasteiger partial charge in [0.25, 0.3) is 0 Å².